The van der Waals surface area contributed by atoms with Crippen molar-refractivity contribution in [3.63, 3.8) is 0 Å². The Morgan fingerprint density at radius 3 is 2.25 bits per heavy atom. The van der Waals surface area contributed by atoms with Crippen LogP contribution in [-0.2, 0) is 6.54 Å². The Hall–Kier alpha value is -2.12. The Balaban J connectivity index is 1.93. The summed E-state index contributed by atoms with van der Waals surface area (Å²) in [4.78, 5) is 0. The van der Waals surface area contributed by atoms with Crippen LogP contribution in [0.3, 0.4) is 0 Å². The molecule has 2 aromatic rings. The quantitative estimate of drug-likeness (QED) is 0.728. The molecule has 1 N–H and O–H groups in total. The minimum Gasteiger partial charge on any atom is -0.306 e. The standard InChI is InChI=1S/C19H21N/c1-2-9-19(15-14-17-10-5-3-6-11-17)20-16-18-12-7-4-8-13-18/h2-8,10-15,19-20H,1,9,16H2. The molecule has 102 valence electrons. The van der Waals surface area contributed by atoms with Crippen molar-refractivity contribution in [3.05, 3.63) is 90.5 Å². The lowest BCUT2D eigenvalue weighted by Gasteiger charge is -2.13. The molecule has 2 aromatic carbocycles. The van der Waals surface area contributed by atoms with Crippen molar-refractivity contribution in [2.45, 2.75) is 19.0 Å². The van der Waals surface area contributed by atoms with Gasteiger partial charge in [-0.25, -0.2) is 0 Å². The molecule has 1 atom stereocenters. The highest BCUT2D eigenvalue weighted by Gasteiger charge is 2.01. The maximum absolute atomic E-state index is 3.84. The molecule has 0 amide bonds. The predicted octanol–water partition coefficient (Wildman–Crippen LogP) is 4.43. The minimum absolute atomic E-state index is 0.313. The molecule has 0 radical (unpaired) electrons. The van der Waals surface area contributed by atoms with Crippen molar-refractivity contribution in [2.24, 2.45) is 0 Å². The van der Waals surface area contributed by atoms with E-state index in [1.807, 2.05) is 18.2 Å². The Morgan fingerprint density at radius 2 is 1.60 bits per heavy atom. The minimum atomic E-state index is 0.313. The summed E-state index contributed by atoms with van der Waals surface area (Å²) >= 11 is 0. The van der Waals surface area contributed by atoms with E-state index in [2.05, 4.69) is 72.6 Å². The smallest absolute Gasteiger partial charge is 0.0290 e. The van der Waals surface area contributed by atoms with Gasteiger partial charge >= 0.3 is 0 Å². The second-order valence-corrected chi connectivity index (χ2v) is 4.77. The van der Waals surface area contributed by atoms with Crippen LogP contribution in [0.1, 0.15) is 17.5 Å². The molecule has 0 aliphatic heterocycles. The Labute approximate surface area is 121 Å². The Bertz CT molecular complexity index is 528. The van der Waals surface area contributed by atoms with Gasteiger partial charge in [0.1, 0.15) is 0 Å². The first kappa shape index (κ1) is 14.3. The fourth-order valence-electron chi connectivity index (χ4n) is 2.05. The zero-order chi connectivity index (χ0) is 14.0. The molecule has 1 heteroatoms. The average Bonchev–Trinajstić information content (AvgIpc) is 2.52. The first-order valence-electron chi connectivity index (χ1n) is 7.00. The molecule has 0 spiro atoms. The van der Waals surface area contributed by atoms with Crippen LogP contribution in [0.15, 0.2) is 79.4 Å². The van der Waals surface area contributed by atoms with Crippen LogP contribution < -0.4 is 5.32 Å². The summed E-state index contributed by atoms with van der Waals surface area (Å²) in [5.74, 6) is 0. The maximum Gasteiger partial charge on any atom is 0.0290 e. The number of rotatable bonds is 7. The number of hydrogen-bond acceptors (Lipinski definition) is 1. The van der Waals surface area contributed by atoms with Gasteiger partial charge in [-0.3, -0.25) is 0 Å². The molecule has 0 fully saturated rings. The van der Waals surface area contributed by atoms with Crippen LogP contribution in [0.2, 0.25) is 0 Å². The van der Waals surface area contributed by atoms with Crippen molar-refractivity contribution in [2.75, 3.05) is 0 Å². The van der Waals surface area contributed by atoms with E-state index in [0.717, 1.165) is 13.0 Å². The first-order valence-corrected chi connectivity index (χ1v) is 7.00. The van der Waals surface area contributed by atoms with Crippen LogP contribution in [0.25, 0.3) is 6.08 Å². The summed E-state index contributed by atoms with van der Waals surface area (Å²) in [5.41, 5.74) is 2.53. The number of benzene rings is 2. The number of nitrogens with one attached hydrogen (secondary N) is 1. The molecule has 2 rings (SSSR count). The van der Waals surface area contributed by atoms with Crippen molar-refractivity contribution < 1.29 is 0 Å². The van der Waals surface area contributed by atoms with Gasteiger partial charge in [-0.2, -0.15) is 0 Å². The van der Waals surface area contributed by atoms with Crippen molar-refractivity contribution in [1.29, 1.82) is 0 Å². The molecular weight excluding hydrogens is 242 g/mol. The van der Waals surface area contributed by atoms with Crippen LogP contribution in [0.5, 0.6) is 0 Å². The molecule has 20 heavy (non-hydrogen) atoms. The monoisotopic (exact) mass is 263 g/mol. The van der Waals surface area contributed by atoms with E-state index in [4.69, 9.17) is 0 Å². The predicted molar refractivity (Wildman–Crippen MR) is 87.4 cm³/mol. The third-order valence-corrected chi connectivity index (χ3v) is 3.15. The van der Waals surface area contributed by atoms with Crippen LogP contribution in [-0.4, -0.2) is 6.04 Å². The van der Waals surface area contributed by atoms with Crippen LogP contribution >= 0.6 is 0 Å². The molecule has 0 saturated carbocycles. The Kier molecular flexibility index (Phi) is 5.81. The fourth-order valence-corrected chi connectivity index (χ4v) is 2.05. The van der Waals surface area contributed by atoms with E-state index in [-0.39, 0.29) is 0 Å². The molecule has 0 aromatic heterocycles. The molecule has 0 saturated heterocycles. The van der Waals surface area contributed by atoms with Crippen molar-refractivity contribution in [1.82, 2.24) is 5.32 Å². The van der Waals surface area contributed by atoms with E-state index < -0.39 is 0 Å². The lowest BCUT2D eigenvalue weighted by Crippen LogP contribution is -2.25. The van der Waals surface area contributed by atoms with E-state index in [9.17, 15) is 0 Å². The summed E-state index contributed by atoms with van der Waals surface area (Å²) < 4.78 is 0. The van der Waals surface area contributed by atoms with Gasteiger partial charge < -0.3 is 5.32 Å². The van der Waals surface area contributed by atoms with E-state index >= 15 is 0 Å². The van der Waals surface area contributed by atoms with E-state index in [1.165, 1.54) is 11.1 Å². The topological polar surface area (TPSA) is 12.0 Å². The average molecular weight is 263 g/mol. The van der Waals surface area contributed by atoms with E-state index in [0.29, 0.717) is 6.04 Å². The van der Waals surface area contributed by atoms with Gasteiger partial charge in [0.15, 0.2) is 0 Å². The van der Waals surface area contributed by atoms with Crippen molar-refractivity contribution in [3.8, 4) is 0 Å². The van der Waals surface area contributed by atoms with Crippen LogP contribution in [0, 0.1) is 0 Å². The molecule has 1 nitrogen and oxygen atoms in total. The SMILES string of the molecule is C=CCC(C=Cc1ccccc1)NCc1ccccc1. The molecular formula is C19H21N. The van der Waals surface area contributed by atoms with Gasteiger partial charge in [0.2, 0.25) is 0 Å². The third kappa shape index (κ3) is 4.87. The second-order valence-electron chi connectivity index (χ2n) is 4.77. The first-order chi connectivity index (χ1) is 9.88. The summed E-state index contributed by atoms with van der Waals surface area (Å²) in [7, 11) is 0. The van der Waals surface area contributed by atoms with Crippen LogP contribution in [0.4, 0.5) is 0 Å². The highest BCUT2D eigenvalue weighted by Crippen LogP contribution is 2.06. The van der Waals surface area contributed by atoms with E-state index in [1.54, 1.807) is 0 Å². The largest absolute Gasteiger partial charge is 0.306 e. The summed E-state index contributed by atoms with van der Waals surface area (Å²) in [6.45, 7) is 4.71. The summed E-state index contributed by atoms with van der Waals surface area (Å²) in [6, 6.07) is 21.1. The number of hydrogen-bond donors (Lipinski definition) is 1. The molecule has 0 aliphatic rings. The zero-order valence-electron chi connectivity index (χ0n) is 11.7. The fraction of sp³-hybridized carbons (Fsp3) is 0.158. The third-order valence-electron chi connectivity index (χ3n) is 3.15. The molecule has 0 heterocycles. The molecule has 0 bridgehead atoms. The van der Waals surface area contributed by atoms with Crippen molar-refractivity contribution >= 4 is 6.08 Å². The molecule has 1 unspecified atom stereocenters. The molecule has 0 aliphatic carbocycles. The Morgan fingerprint density at radius 1 is 0.950 bits per heavy atom. The summed E-state index contributed by atoms with van der Waals surface area (Å²) in [5, 5.41) is 3.55. The van der Waals surface area contributed by atoms with Gasteiger partial charge in [0, 0.05) is 12.6 Å². The van der Waals surface area contributed by atoms with Gasteiger partial charge in [-0.15, -0.1) is 6.58 Å². The normalized spacial score (nSPS) is 12.4. The maximum atomic E-state index is 3.84. The highest BCUT2D eigenvalue weighted by atomic mass is 14.9. The van der Waals surface area contributed by atoms with Gasteiger partial charge in [0.25, 0.3) is 0 Å². The van der Waals surface area contributed by atoms with Gasteiger partial charge in [0.05, 0.1) is 0 Å². The summed E-state index contributed by atoms with van der Waals surface area (Å²) in [6.07, 6.45) is 7.25. The lowest BCUT2D eigenvalue weighted by molar-refractivity contribution is 0.600. The zero-order valence-corrected chi connectivity index (χ0v) is 11.7. The second kappa shape index (κ2) is 8.13. The lowest BCUT2D eigenvalue weighted by atomic mass is 10.1. The van der Waals surface area contributed by atoms with Gasteiger partial charge in [-0.05, 0) is 17.5 Å². The van der Waals surface area contributed by atoms with Gasteiger partial charge in [-0.1, -0.05) is 78.9 Å². The highest BCUT2D eigenvalue weighted by molar-refractivity contribution is 5.49.